The van der Waals surface area contributed by atoms with Crippen LogP contribution in [0.2, 0.25) is 5.02 Å². The molecule has 0 spiro atoms. The second-order valence-corrected chi connectivity index (χ2v) is 6.05. The molecule has 3 aromatic rings. The van der Waals surface area contributed by atoms with E-state index in [9.17, 15) is 0 Å². The maximum atomic E-state index is 6.49. The molecule has 0 fully saturated rings. The van der Waals surface area contributed by atoms with Crippen molar-refractivity contribution in [1.82, 2.24) is 0 Å². The number of benzene rings is 3. The van der Waals surface area contributed by atoms with E-state index in [0.717, 1.165) is 22.4 Å². The van der Waals surface area contributed by atoms with Crippen molar-refractivity contribution in [3.63, 3.8) is 0 Å². The third-order valence-electron chi connectivity index (χ3n) is 4.15. The molecule has 3 aromatic carbocycles. The van der Waals surface area contributed by atoms with Crippen LogP contribution in [-0.2, 0) is 5.66 Å². The fraction of sp³-hybridized carbons (Fsp3) is 0.0476. The molecule has 1 atom stereocenters. The Morgan fingerprint density at radius 1 is 0.708 bits per heavy atom. The lowest BCUT2D eigenvalue weighted by molar-refractivity contribution is 0.590. The monoisotopic (exact) mass is 330 g/mol. The predicted octanol–water partition coefficient (Wildman–Crippen LogP) is 5.11. The zero-order chi connectivity index (χ0) is 16.4. The molecule has 0 bridgehead atoms. The van der Waals surface area contributed by atoms with Crippen LogP contribution in [0.15, 0.2) is 94.9 Å². The van der Waals surface area contributed by atoms with Crippen molar-refractivity contribution in [1.29, 1.82) is 0 Å². The lowest BCUT2D eigenvalue weighted by Gasteiger charge is -2.25. The highest BCUT2D eigenvalue weighted by atomic mass is 35.5. The molecule has 24 heavy (non-hydrogen) atoms. The van der Waals surface area contributed by atoms with Gasteiger partial charge in [0.25, 0.3) is 0 Å². The number of aliphatic imine (C=N–C) groups is 2. The van der Waals surface area contributed by atoms with E-state index in [1.54, 1.807) is 0 Å². The van der Waals surface area contributed by atoms with E-state index < -0.39 is 5.66 Å². The molecular weight excluding hydrogens is 316 g/mol. The summed E-state index contributed by atoms with van der Waals surface area (Å²) in [5.41, 5.74) is 2.97. The summed E-state index contributed by atoms with van der Waals surface area (Å²) >= 11 is 6.49. The van der Waals surface area contributed by atoms with Gasteiger partial charge in [-0.25, -0.2) is 4.99 Å². The van der Waals surface area contributed by atoms with Crippen LogP contribution in [0, 0.1) is 0 Å². The van der Waals surface area contributed by atoms with Crippen LogP contribution in [0.3, 0.4) is 0 Å². The van der Waals surface area contributed by atoms with E-state index in [0.29, 0.717) is 5.02 Å². The van der Waals surface area contributed by atoms with Crippen LogP contribution in [0.1, 0.15) is 16.7 Å². The molecular formula is C21H15ClN2. The predicted molar refractivity (Wildman–Crippen MR) is 100 cm³/mol. The first-order valence-corrected chi connectivity index (χ1v) is 8.18. The molecule has 0 radical (unpaired) electrons. The topological polar surface area (TPSA) is 24.7 Å². The Morgan fingerprint density at radius 2 is 1.33 bits per heavy atom. The second kappa shape index (κ2) is 6.06. The molecule has 116 valence electrons. The molecule has 0 aromatic heterocycles. The molecule has 0 saturated heterocycles. The summed E-state index contributed by atoms with van der Waals surface area (Å²) in [6.45, 7) is 0. The van der Waals surface area contributed by atoms with Gasteiger partial charge in [-0.2, -0.15) is 0 Å². The maximum absolute atomic E-state index is 6.49. The van der Waals surface area contributed by atoms with E-state index in [1.165, 1.54) is 0 Å². The molecule has 1 heterocycles. The van der Waals surface area contributed by atoms with Gasteiger partial charge >= 0.3 is 0 Å². The largest absolute Gasteiger partial charge is 0.252 e. The van der Waals surface area contributed by atoms with E-state index in [-0.39, 0.29) is 0 Å². The first-order valence-electron chi connectivity index (χ1n) is 7.81. The SMILES string of the molecule is Clc1ccccc1C1(c2ccccc2)N=CC(c2ccccc2)=N1. The average molecular weight is 331 g/mol. The zero-order valence-corrected chi connectivity index (χ0v) is 13.7. The van der Waals surface area contributed by atoms with Crippen LogP contribution in [0.5, 0.6) is 0 Å². The molecule has 0 amide bonds. The minimum absolute atomic E-state index is 0.663. The Balaban J connectivity index is 1.93. The van der Waals surface area contributed by atoms with Crippen LogP contribution >= 0.6 is 11.6 Å². The van der Waals surface area contributed by atoms with Gasteiger partial charge in [-0.1, -0.05) is 90.5 Å². The Labute approximate surface area is 146 Å². The van der Waals surface area contributed by atoms with Crippen molar-refractivity contribution in [2.75, 3.05) is 0 Å². The Morgan fingerprint density at radius 3 is 2.04 bits per heavy atom. The van der Waals surface area contributed by atoms with E-state index >= 15 is 0 Å². The first kappa shape index (κ1) is 14.9. The first-order chi connectivity index (χ1) is 11.8. The van der Waals surface area contributed by atoms with Gasteiger partial charge in [0.15, 0.2) is 0 Å². The summed E-state index contributed by atoms with van der Waals surface area (Å²) < 4.78 is 0. The van der Waals surface area contributed by atoms with Crippen molar-refractivity contribution in [3.8, 4) is 0 Å². The number of nitrogens with zero attached hydrogens (tertiary/aromatic N) is 2. The molecule has 3 heteroatoms. The summed E-state index contributed by atoms with van der Waals surface area (Å²) in [5.74, 6) is 0. The van der Waals surface area contributed by atoms with Crippen molar-refractivity contribution < 1.29 is 0 Å². The van der Waals surface area contributed by atoms with Gasteiger partial charge in [0.2, 0.25) is 5.66 Å². The number of rotatable bonds is 3. The van der Waals surface area contributed by atoms with Gasteiger partial charge in [0.05, 0.1) is 11.9 Å². The van der Waals surface area contributed by atoms with Crippen LogP contribution in [-0.4, -0.2) is 11.9 Å². The van der Waals surface area contributed by atoms with E-state index in [4.69, 9.17) is 21.6 Å². The van der Waals surface area contributed by atoms with Gasteiger partial charge in [0.1, 0.15) is 0 Å². The minimum atomic E-state index is -0.829. The molecule has 2 nitrogen and oxygen atoms in total. The molecule has 4 rings (SSSR count). The molecule has 0 aliphatic carbocycles. The molecule has 1 aliphatic heterocycles. The smallest absolute Gasteiger partial charge is 0.203 e. The van der Waals surface area contributed by atoms with Crippen molar-refractivity contribution in [2.24, 2.45) is 9.98 Å². The van der Waals surface area contributed by atoms with Crippen LogP contribution in [0.4, 0.5) is 0 Å². The molecule has 0 N–H and O–H groups in total. The number of hydrogen-bond donors (Lipinski definition) is 0. The Hall–Kier alpha value is -2.71. The molecule has 1 unspecified atom stereocenters. The lowest BCUT2D eigenvalue weighted by atomic mass is 9.92. The summed E-state index contributed by atoms with van der Waals surface area (Å²) in [4.78, 5) is 9.81. The van der Waals surface area contributed by atoms with Crippen molar-refractivity contribution >= 4 is 23.5 Å². The fourth-order valence-corrected chi connectivity index (χ4v) is 3.24. The number of halogens is 1. The van der Waals surface area contributed by atoms with Gasteiger partial charge in [0, 0.05) is 21.7 Å². The summed E-state index contributed by atoms with van der Waals surface area (Å²) in [5, 5.41) is 0.663. The maximum Gasteiger partial charge on any atom is 0.203 e. The van der Waals surface area contributed by atoms with Crippen molar-refractivity contribution in [3.05, 3.63) is 107 Å². The minimum Gasteiger partial charge on any atom is -0.252 e. The third kappa shape index (κ3) is 2.45. The average Bonchev–Trinajstić information content (AvgIpc) is 3.10. The van der Waals surface area contributed by atoms with Crippen LogP contribution < -0.4 is 0 Å². The summed E-state index contributed by atoms with van der Waals surface area (Å²) in [6, 6.07) is 27.9. The highest BCUT2D eigenvalue weighted by molar-refractivity contribution is 6.39. The quantitative estimate of drug-likeness (QED) is 0.637. The van der Waals surface area contributed by atoms with Gasteiger partial charge in [-0.3, -0.25) is 4.99 Å². The van der Waals surface area contributed by atoms with Gasteiger partial charge in [-0.15, -0.1) is 0 Å². The standard InChI is InChI=1S/C21H15ClN2/c22-19-14-8-7-13-18(19)21(17-11-5-2-6-12-17)23-15-20(24-21)16-9-3-1-4-10-16/h1-15H. The van der Waals surface area contributed by atoms with E-state index in [1.807, 2.05) is 91.1 Å². The normalized spacial score (nSPS) is 19.3. The summed E-state index contributed by atoms with van der Waals surface area (Å²) in [6.07, 6.45) is 1.84. The fourth-order valence-electron chi connectivity index (χ4n) is 2.97. The highest BCUT2D eigenvalue weighted by Gasteiger charge is 2.38. The second-order valence-electron chi connectivity index (χ2n) is 5.64. The van der Waals surface area contributed by atoms with Crippen molar-refractivity contribution in [2.45, 2.75) is 5.66 Å². The number of hydrogen-bond acceptors (Lipinski definition) is 2. The Bertz CT molecular complexity index is 917. The summed E-state index contributed by atoms with van der Waals surface area (Å²) in [7, 11) is 0. The third-order valence-corrected chi connectivity index (χ3v) is 4.48. The highest BCUT2D eigenvalue weighted by Crippen LogP contribution is 2.41. The Kier molecular flexibility index (Phi) is 3.75. The van der Waals surface area contributed by atoms with E-state index in [2.05, 4.69) is 0 Å². The molecule has 0 saturated carbocycles. The van der Waals surface area contributed by atoms with Crippen LogP contribution in [0.25, 0.3) is 0 Å². The zero-order valence-electron chi connectivity index (χ0n) is 12.9. The lowest BCUT2D eigenvalue weighted by Crippen LogP contribution is -2.21. The van der Waals surface area contributed by atoms with Gasteiger partial charge < -0.3 is 0 Å². The van der Waals surface area contributed by atoms with Gasteiger partial charge in [-0.05, 0) is 6.07 Å². The molecule has 1 aliphatic rings.